The Morgan fingerprint density at radius 2 is 2.11 bits per heavy atom. The first-order chi connectivity index (χ1) is 9.17. The third-order valence-corrected chi connectivity index (χ3v) is 2.99. The molecule has 0 atom stereocenters. The quantitative estimate of drug-likeness (QED) is 0.769. The summed E-state index contributed by atoms with van der Waals surface area (Å²) in [5, 5.41) is 9.20. The van der Waals surface area contributed by atoms with Gasteiger partial charge in [-0.15, -0.1) is 0 Å². The molecule has 0 spiro atoms. The van der Waals surface area contributed by atoms with Crippen LogP contribution in [0.2, 0.25) is 0 Å². The molecular weight excluding hydrogens is 248 g/mol. The number of ether oxygens (including phenoxy) is 1. The lowest BCUT2D eigenvalue weighted by Crippen LogP contribution is -2.30. The van der Waals surface area contributed by atoms with E-state index in [9.17, 15) is 9.59 Å². The van der Waals surface area contributed by atoms with Crippen molar-refractivity contribution in [2.45, 2.75) is 19.4 Å². The van der Waals surface area contributed by atoms with Gasteiger partial charge in [0.05, 0.1) is 18.0 Å². The molecule has 19 heavy (non-hydrogen) atoms. The highest BCUT2D eigenvalue weighted by Gasteiger charge is 2.08. The molecule has 0 amide bonds. The molecule has 2 N–H and O–H groups in total. The van der Waals surface area contributed by atoms with Crippen molar-refractivity contribution >= 4 is 10.9 Å². The molecular formula is C13H16N2O4. The lowest BCUT2D eigenvalue weighted by atomic mass is 10.2. The molecule has 0 aliphatic heterocycles. The summed E-state index contributed by atoms with van der Waals surface area (Å²) in [7, 11) is 1.52. The molecule has 0 saturated heterocycles. The van der Waals surface area contributed by atoms with E-state index in [1.807, 2.05) is 0 Å². The Morgan fingerprint density at radius 1 is 1.32 bits per heavy atom. The summed E-state index contributed by atoms with van der Waals surface area (Å²) in [4.78, 5) is 25.9. The Kier molecular flexibility index (Phi) is 4.01. The van der Waals surface area contributed by atoms with Gasteiger partial charge in [0.25, 0.3) is 5.56 Å². The van der Waals surface area contributed by atoms with Crippen molar-refractivity contribution in [3.63, 3.8) is 0 Å². The number of aromatic nitrogens is 2. The zero-order chi connectivity index (χ0) is 13.8. The van der Waals surface area contributed by atoms with E-state index in [0.717, 1.165) is 0 Å². The van der Waals surface area contributed by atoms with Gasteiger partial charge in [0.1, 0.15) is 5.75 Å². The Hall–Kier alpha value is -2.08. The van der Waals surface area contributed by atoms with E-state index in [2.05, 4.69) is 4.98 Å². The largest absolute Gasteiger partial charge is 0.497 e. The van der Waals surface area contributed by atoms with Crippen LogP contribution in [0.25, 0.3) is 10.9 Å². The molecule has 1 aromatic heterocycles. The lowest BCUT2D eigenvalue weighted by molar-refractivity contribution is 0.281. The highest BCUT2D eigenvalue weighted by atomic mass is 16.5. The maximum Gasteiger partial charge on any atom is 0.328 e. The Bertz CT molecular complexity index is 687. The first-order valence-corrected chi connectivity index (χ1v) is 6.09. The summed E-state index contributed by atoms with van der Waals surface area (Å²) in [6.45, 7) is 0.545. The number of hydrogen-bond acceptors (Lipinski definition) is 4. The second kappa shape index (κ2) is 5.71. The Labute approximate surface area is 109 Å². The highest BCUT2D eigenvalue weighted by molar-refractivity contribution is 5.79. The number of H-pyrrole nitrogens is 1. The minimum Gasteiger partial charge on any atom is -0.497 e. The number of fused-ring (bicyclic) bond motifs is 1. The molecule has 0 saturated carbocycles. The van der Waals surface area contributed by atoms with Gasteiger partial charge in [0, 0.05) is 13.2 Å². The molecule has 6 nitrogen and oxygen atoms in total. The van der Waals surface area contributed by atoms with Gasteiger partial charge in [-0.3, -0.25) is 14.3 Å². The van der Waals surface area contributed by atoms with Crippen molar-refractivity contribution in [2.24, 2.45) is 0 Å². The van der Waals surface area contributed by atoms with Gasteiger partial charge < -0.3 is 9.84 Å². The number of aliphatic hydroxyl groups is 1. The van der Waals surface area contributed by atoms with Gasteiger partial charge in [-0.05, 0) is 31.0 Å². The Balaban J connectivity index is 2.56. The van der Waals surface area contributed by atoms with Crippen LogP contribution in [0.3, 0.4) is 0 Å². The predicted molar refractivity (Wildman–Crippen MR) is 71.7 cm³/mol. The molecule has 2 aromatic rings. The van der Waals surface area contributed by atoms with Crippen molar-refractivity contribution in [1.82, 2.24) is 9.55 Å². The van der Waals surface area contributed by atoms with E-state index in [-0.39, 0.29) is 6.61 Å². The first-order valence-electron chi connectivity index (χ1n) is 6.09. The number of aryl methyl sites for hydroxylation is 1. The number of nitrogens with zero attached hydrogens (tertiary/aromatic N) is 1. The van der Waals surface area contributed by atoms with Gasteiger partial charge in [-0.25, -0.2) is 4.79 Å². The first kappa shape index (κ1) is 13.4. The number of aliphatic hydroxyl groups excluding tert-OH is 1. The lowest BCUT2D eigenvalue weighted by Gasteiger charge is -2.09. The number of nitrogens with one attached hydrogen (secondary N) is 1. The van der Waals surface area contributed by atoms with Gasteiger partial charge in [-0.2, -0.15) is 0 Å². The number of unbranched alkanes of at least 4 members (excludes halogenated alkanes) is 1. The van der Waals surface area contributed by atoms with Crippen LogP contribution >= 0.6 is 0 Å². The molecule has 0 radical (unpaired) electrons. The molecule has 0 aliphatic carbocycles. The van der Waals surface area contributed by atoms with Crippen molar-refractivity contribution < 1.29 is 9.84 Å². The van der Waals surface area contributed by atoms with Gasteiger partial charge in [0.15, 0.2) is 0 Å². The van der Waals surface area contributed by atoms with Crippen LogP contribution in [0.4, 0.5) is 0 Å². The fourth-order valence-electron chi connectivity index (χ4n) is 2.00. The normalized spacial score (nSPS) is 10.8. The van der Waals surface area contributed by atoms with E-state index in [4.69, 9.17) is 9.84 Å². The zero-order valence-corrected chi connectivity index (χ0v) is 10.7. The second-order valence-electron chi connectivity index (χ2n) is 4.22. The summed E-state index contributed by atoms with van der Waals surface area (Å²) in [5.41, 5.74) is -0.273. The number of hydrogen-bond donors (Lipinski definition) is 2. The third kappa shape index (κ3) is 2.68. The van der Waals surface area contributed by atoms with Crippen molar-refractivity contribution in [1.29, 1.82) is 0 Å². The number of rotatable bonds is 5. The van der Waals surface area contributed by atoms with Crippen LogP contribution in [-0.2, 0) is 6.54 Å². The average molecular weight is 264 g/mol. The maximum absolute atomic E-state index is 11.8. The monoisotopic (exact) mass is 264 g/mol. The van der Waals surface area contributed by atoms with Crippen LogP contribution in [-0.4, -0.2) is 28.4 Å². The Morgan fingerprint density at radius 3 is 2.79 bits per heavy atom. The summed E-state index contributed by atoms with van der Waals surface area (Å²) in [6.07, 6.45) is 1.28. The molecule has 0 fully saturated rings. The van der Waals surface area contributed by atoms with E-state index in [0.29, 0.717) is 36.0 Å². The number of aromatic amines is 1. The summed E-state index contributed by atoms with van der Waals surface area (Å²) < 4.78 is 6.58. The van der Waals surface area contributed by atoms with E-state index >= 15 is 0 Å². The minimum atomic E-state index is -0.430. The molecule has 1 aromatic carbocycles. The van der Waals surface area contributed by atoms with Gasteiger partial charge in [-0.1, -0.05) is 0 Å². The molecule has 102 valence electrons. The fraction of sp³-hybridized carbons (Fsp3) is 0.385. The van der Waals surface area contributed by atoms with E-state index in [1.165, 1.54) is 11.7 Å². The van der Waals surface area contributed by atoms with Crippen LogP contribution in [0.1, 0.15) is 12.8 Å². The highest BCUT2D eigenvalue weighted by Crippen LogP contribution is 2.16. The summed E-state index contributed by atoms with van der Waals surface area (Å²) >= 11 is 0. The van der Waals surface area contributed by atoms with Crippen LogP contribution in [0.15, 0.2) is 27.8 Å². The molecule has 6 heteroatoms. The van der Waals surface area contributed by atoms with Crippen molar-refractivity contribution in [2.75, 3.05) is 13.7 Å². The van der Waals surface area contributed by atoms with Crippen LogP contribution < -0.4 is 16.0 Å². The average Bonchev–Trinajstić information content (AvgIpc) is 2.42. The summed E-state index contributed by atoms with van der Waals surface area (Å²) in [6, 6.07) is 5.02. The van der Waals surface area contributed by atoms with Gasteiger partial charge >= 0.3 is 5.69 Å². The minimum absolute atomic E-state index is 0.0872. The van der Waals surface area contributed by atoms with Crippen molar-refractivity contribution in [3.05, 3.63) is 39.0 Å². The smallest absolute Gasteiger partial charge is 0.328 e. The van der Waals surface area contributed by atoms with E-state index in [1.54, 1.807) is 18.2 Å². The molecule has 0 unspecified atom stereocenters. The van der Waals surface area contributed by atoms with Crippen LogP contribution in [0.5, 0.6) is 5.75 Å². The maximum atomic E-state index is 11.8. The van der Waals surface area contributed by atoms with Gasteiger partial charge in [0.2, 0.25) is 0 Å². The molecule has 1 heterocycles. The van der Waals surface area contributed by atoms with E-state index < -0.39 is 11.2 Å². The van der Waals surface area contributed by atoms with Crippen LogP contribution in [0, 0.1) is 0 Å². The standard InChI is InChI=1S/C13H16N2O4/c1-19-9-4-5-11-10(8-9)12(17)14-13(18)15(11)6-2-3-7-16/h4-5,8,16H,2-3,6-7H2,1H3,(H,14,17,18). The van der Waals surface area contributed by atoms with Crippen molar-refractivity contribution in [3.8, 4) is 5.75 Å². The third-order valence-electron chi connectivity index (χ3n) is 2.99. The predicted octanol–water partition coefficient (Wildman–Crippen LogP) is 0.471. The zero-order valence-electron chi connectivity index (χ0n) is 10.7. The molecule has 0 bridgehead atoms. The molecule has 0 aliphatic rings. The number of benzene rings is 1. The second-order valence-corrected chi connectivity index (χ2v) is 4.22. The SMILES string of the molecule is COc1ccc2c(c1)c(=O)[nH]c(=O)n2CCCCO. The number of methoxy groups -OCH3 is 1. The topological polar surface area (TPSA) is 84.3 Å². The summed E-state index contributed by atoms with van der Waals surface area (Å²) in [5.74, 6) is 0.568. The molecule has 2 rings (SSSR count). The fourth-order valence-corrected chi connectivity index (χ4v) is 2.00.